The predicted octanol–water partition coefficient (Wildman–Crippen LogP) is 3.00. The first kappa shape index (κ1) is 19.1. The molecule has 5 rings (SSSR count). The lowest BCUT2D eigenvalue weighted by Crippen LogP contribution is -2.62. The van der Waals surface area contributed by atoms with Crippen molar-refractivity contribution in [3.8, 4) is 5.75 Å². The highest BCUT2D eigenvalue weighted by atomic mass is 35.5. The third kappa shape index (κ3) is 3.94. The SMILES string of the molecule is O=C(COC(=O)c1cc(Cl)ccc1O)NC(=O)NC12CC3CC(CC(C3)C1)C2. The smallest absolute Gasteiger partial charge is 0.342 e. The van der Waals surface area contributed by atoms with Gasteiger partial charge in [-0.1, -0.05) is 11.6 Å². The molecule has 4 saturated carbocycles. The molecule has 0 atom stereocenters. The van der Waals surface area contributed by atoms with E-state index in [0.29, 0.717) is 17.8 Å². The van der Waals surface area contributed by atoms with Gasteiger partial charge in [0.1, 0.15) is 11.3 Å². The predicted molar refractivity (Wildman–Crippen MR) is 101 cm³/mol. The van der Waals surface area contributed by atoms with Crippen molar-refractivity contribution in [1.82, 2.24) is 10.6 Å². The molecule has 4 aliphatic carbocycles. The molecule has 1 aromatic rings. The number of carbonyl (C=O) groups excluding carboxylic acids is 3. The van der Waals surface area contributed by atoms with E-state index in [0.717, 1.165) is 19.3 Å². The molecule has 4 aliphatic rings. The van der Waals surface area contributed by atoms with E-state index < -0.39 is 24.5 Å². The molecule has 0 aliphatic heterocycles. The van der Waals surface area contributed by atoms with Crippen LogP contribution in [0.3, 0.4) is 0 Å². The Labute approximate surface area is 167 Å². The molecule has 1 aromatic carbocycles. The third-order valence-corrected chi connectivity index (χ3v) is 6.42. The molecule has 0 aromatic heterocycles. The fourth-order valence-corrected chi connectivity index (χ4v) is 5.75. The number of halogens is 1. The van der Waals surface area contributed by atoms with Crippen LogP contribution in [0, 0.1) is 17.8 Å². The van der Waals surface area contributed by atoms with E-state index >= 15 is 0 Å². The van der Waals surface area contributed by atoms with Crippen LogP contribution in [0.15, 0.2) is 18.2 Å². The van der Waals surface area contributed by atoms with Gasteiger partial charge in [0.15, 0.2) is 6.61 Å². The van der Waals surface area contributed by atoms with Gasteiger partial charge in [0.25, 0.3) is 5.91 Å². The summed E-state index contributed by atoms with van der Waals surface area (Å²) >= 11 is 5.79. The first-order valence-electron chi connectivity index (χ1n) is 9.59. The first-order chi connectivity index (χ1) is 13.3. The molecule has 28 heavy (non-hydrogen) atoms. The summed E-state index contributed by atoms with van der Waals surface area (Å²) in [6.07, 6.45) is 6.70. The lowest BCUT2D eigenvalue weighted by atomic mass is 9.53. The van der Waals surface area contributed by atoms with E-state index in [1.165, 1.54) is 37.5 Å². The lowest BCUT2D eigenvalue weighted by Gasteiger charge is -2.56. The molecule has 0 unspecified atom stereocenters. The Bertz CT molecular complexity index is 790. The number of phenolic OH excluding ortho intramolecular Hbond substituents is 1. The summed E-state index contributed by atoms with van der Waals surface area (Å²) in [7, 11) is 0. The number of amides is 3. The number of ether oxygens (including phenoxy) is 1. The standard InChI is InChI=1S/C20H23ClN2O5/c21-14-1-2-16(24)15(6-14)18(26)28-10-17(25)22-19(27)23-20-7-11-3-12(8-20)5-13(4-11)9-20/h1-2,6,11-13,24H,3-5,7-10H2,(H2,22,23,25,27). The highest BCUT2D eigenvalue weighted by Crippen LogP contribution is 2.55. The number of phenols is 1. The van der Waals surface area contributed by atoms with Gasteiger partial charge in [0.05, 0.1) is 0 Å². The van der Waals surface area contributed by atoms with E-state index in [4.69, 9.17) is 16.3 Å². The molecule has 0 spiro atoms. The van der Waals surface area contributed by atoms with E-state index in [9.17, 15) is 19.5 Å². The summed E-state index contributed by atoms with van der Waals surface area (Å²) in [6.45, 7) is -0.626. The van der Waals surface area contributed by atoms with Crippen LogP contribution < -0.4 is 10.6 Å². The van der Waals surface area contributed by atoms with Crippen LogP contribution >= 0.6 is 11.6 Å². The van der Waals surface area contributed by atoms with Crippen molar-refractivity contribution in [2.75, 3.05) is 6.61 Å². The number of esters is 1. The van der Waals surface area contributed by atoms with Gasteiger partial charge in [-0.05, 0) is 74.5 Å². The fraction of sp³-hybridized carbons (Fsp3) is 0.550. The summed E-state index contributed by atoms with van der Waals surface area (Å²) in [5, 5.41) is 15.2. The highest BCUT2D eigenvalue weighted by Gasteiger charge is 2.51. The third-order valence-electron chi connectivity index (χ3n) is 6.18. The molecule has 0 saturated heterocycles. The average Bonchev–Trinajstić information content (AvgIpc) is 2.60. The maximum Gasteiger partial charge on any atom is 0.342 e. The Kier molecular flexibility index (Phi) is 4.95. The number of urea groups is 1. The number of hydrogen-bond acceptors (Lipinski definition) is 5. The summed E-state index contributed by atoms with van der Waals surface area (Å²) in [5.74, 6) is 0.110. The Hall–Kier alpha value is -2.28. The minimum Gasteiger partial charge on any atom is -0.507 e. The maximum atomic E-state index is 12.3. The van der Waals surface area contributed by atoms with Crippen LogP contribution in [0.25, 0.3) is 0 Å². The minimum atomic E-state index is -0.892. The Morgan fingerprint density at radius 3 is 2.32 bits per heavy atom. The molecule has 0 heterocycles. The molecule has 3 N–H and O–H groups in total. The second-order valence-corrected chi connectivity index (χ2v) is 8.87. The van der Waals surface area contributed by atoms with Crippen molar-refractivity contribution in [3.05, 3.63) is 28.8 Å². The van der Waals surface area contributed by atoms with Crippen molar-refractivity contribution in [2.45, 2.75) is 44.1 Å². The molecule has 150 valence electrons. The number of hydrogen-bond donors (Lipinski definition) is 3. The minimum absolute atomic E-state index is 0.140. The number of benzene rings is 1. The molecule has 7 nitrogen and oxygen atoms in total. The van der Waals surface area contributed by atoms with E-state index in [1.54, 1.807) is 0 Å². The molecule has 4 bridgehead atoms. The van der Waals surface area contributed by atoms with Crippen molar-refractivity contribution >= 4 is 29.5 Å². The lowest BCUT2D eigenvalue weighted by molar-refractivity contribution is -0.123. The van der Waals surface area contributed by atoms with Gasteiger partial charge in [-0.3, -0.25) is 10.1 Å². The summed E-state index contributed by atoms with van der Waals surface area (Å²) in [5.41, 5.74) is -0.346. The number of carbonyl (C=O) groups is 3. The zero-order chi connectivity index (χ0) is 19.9. The van der Waals surface area contributed by atoms with Gasteiger partial charge in [-0.15, -0.1) is 0 Å². The number of rotatable bonds is 4. The van der Waals surface area contributed by atoms with Crippen LogP contribution in [-0.2, 0) is 9.53 Å². The van der Waals surface area contributed by atoms with Crippen molar-refractivity contribution < 1.29 is 24.2 Å². The zero-order valence-corrected chi connectivity index (χ0v) is 16.1. The van der Waals surface area contributed by atoms with Gasteiger partial charge in [-0.2, -0.15) is 0 Å². The molecular formula is C20H23ClN2O5. The van der Waals surface area contributed by atoms with Crippen LogP contribution in [0.1, 0.15) is 48.9 Å². The first-order valence-corrected chi connectivity index (χ1v) is 9.97. The van der Waals surface area contributed by atoms with Crippen molar-refractivity contribution in [3.63, 3.8) is 0 Å². The van der Waals surface area contributed by atoms with Crippen LogP contribution in [0.4, 0.5) is 4.79 Å². The van der Waals surface area contributed by atoms with E-state index in [-0.39, 0.29) is 21.9 Å². The van der Waals surface area contributed by atoms with Crippen LogP contribution in [-0.4, -0.2) is 35.2 Å². The number of nitrogens with one attached hydrogen (secondary N) is 2. The molecular weight excluding hydrogens is 384 g/mol. The number of imide groups is 1. The quantitative estimate of drug-likeness (QED) is 0.667. The second kappa shape index (κ2) is 7.28. The molecule has 4 fully saturated rings. The Morgan fingerprint density at radius 2 is 1.71 bits per heavy atom. The fourth-order valence-electron chi connectivity index (χ4n) is 5.58. The summed E-state index contributed by atoms with van der Waals surface area (Å²) in [6, 6.07) is 3.39. The van der Waals surface area contributed by atoms with E-state index in [2.05, 4.69) is 10.6 Å². The normalized spacial score (nSPS) is 30.0. The molecule has 3 amide bonds. The summed E-state index contributed by atoms with van der Waals surface area (Å²) in [4.78, 5) is 36.3. The average molecular weight is 407 g/mol. The van der Waals surface area contributed by atoms with Crippen molar-refractivity contribution in [1.29, 1.82) is 0 Å². The zero-order valence-electron chi connectivity index (χ0n) is 15.4. The maximum absolute atomic E-state index is 12.3. The van der Waals surface area contributed by atoms with Gasteiger partial charge >= 0.3 is 12.0 Å². The molecule has 8 heteroatoms. The van der Waals surface area contributed by atoms with Crippen LogP contribution in [0.2, 0.25) is 5.02 Å². The highest BCUT2D eigenvalue weighted by molar-refractivity contribution is 6.31. The van der Waals surface area contributed by atoms with Gasteiger partial charge in [0, 0.05) is 10.6 Å². The summed E-state index contributed by atoms with van der Waals surface area (Å²) < 4.78 is 4.87. The topological polar surface area (TPSA) is 105 Å². The largest absolute Gasteiger partial charge is 0.507 e. The second-order valence-electron chi connectivity index (χ2n) is 8.44. The monoisotopic (exact) mass is 406 g/mol. The Morgan fingerprint density at radius 1 is 1.11 bits per heavy atom. The van der Waals surface area contributed by atoms with Crippen molar-refractivity contribution in [2.24, 2.45) is 17.8 Å². The van der Waals surface area contributed by atoms with E-state index in [1.807, 2.05) is 0 Å². The van der Waals surface area contributed by atoms with Gasteiger partial charge in [0.2, 0.25) is 0 Å². The van der Waals surface area contributed by atoms with Crippen LogP contribution in [0.5, 0.6) is 5.75 Å². The molecule has 0 radical (unpaired) electrons. The van der Waals surface area contributed by atoms with Gasteiger partial charge < -0.3 is 15.2 Å². The number of aromatic hydroxyl groups is 1. The Balaban J connectivity index is 1.28. The van der Waals surface area contributed by atoms with Gasteiger partial charge in [-0.25, -0.2) is 9.59 Å².